The summed E-state index contributed by atoms with van der Waals surface area (Å²) in [5, 5.41) is 3.29. The summed E-state index contributed by atoms with van der Waals surface area (Å²) in [6, 6.07) is 0. The van der Waals surface area contributed by atoms with Gasteiger partial charge >= 0.3 is 0 Å². The van der Waals surface area contributed by atoms with Gasteiger partial charge in [-0.1, -0.05) is 0 Å². The monoisotopic (exact) mass is 203 g/mol. The van der Waals surface area contributed by atoms with Crippen molar-refractivity contribution in [1.82, 2.24) is 5.32 Å². The molecule has 1 saturated heterocycles. The molecule has 0 aliphatic carbocycles. The minimum Gasteiger partial charge on any atom is -0.379 e. The zero-order chi connectivity index (χ0) is 9.73. The van der Waals surface area contributed by atoms with Crippen LogP contribution in [0.3, 0.4) is 0 Å². The number of methoxy groups -OCH3 is 1. The summed E-state index contributed by atoms with van der Waals surface area (Å²) >= 11 is 2.06. The number of hydrogen-bond donors (Lipinski definition) is 1. The first kappa shape index (κ1) is 11.3. The second-order valence-electron chi connectivity index (χ2n) is 4.31. The van der Waals surface area contributed by atoms with Gasteiger partial charge in [0.05, 0.1) is 5.60 Å². The number of hydrogen-bond acceptors (Lipinski definition) is 3. The van der Waals surface area contributed by atoms with Gasteiger partial charge in [-0.2, -0.15) is 11.8 Å². The molecule has 0 aromatic carbocycles. The molecule has 1 fully saturated rings. The van der Waals surface area contributed by atoms with Crippen LogP contribution in [0.1, 0.15) is 20.3 Å². The smallest absolute Gasteiger partial charge is 0.0630 e. The third-order valence-electron chi connectivity index (χ3n) is 2.62. The van der Waals surface area contributed by atoms with Crippen LogP contribution in [0.2, 0.25) is 0 Å². The number of thioether (sulfide) groups is 1. The Hall–Kier alpha value is 0.270. The standard InChI is InChI=1S/C10H21NOS/c1-10(2,12-3)4-5-13-8-9-6-11-7-9/h9,11H,4-8H2,1-3H3. The van der Waals surface area contributed by atoms with Crippen molar-refractivity contribution in [3.63, 3.8) is 0 Å². The molecule has 0 spiro atoms. The van der Waals surface area contributed by atoms with Gasteiger partial charge in [0.2, 0.25) is 0 Å². The van der Waals surface area contributed by atoms with E-state index in [0.29, 0.717) is 0 Å². The SMILES string of the molecule is COC(C)(C)CCSCC1CNC1. The van der Waals surface area contributed by atoms with Crippen LogP contribution in [-0.2, 0) is 4.74 Å². The van der Waals surface area contributed by atoms with Crippen molar-refractivity contribution in [2.24, 2.45) is 5.92 Å². The minimum atomic E-state index is 0.0604. The lowest BCUT2D eigenvalue weighted by atomic mass is 10.1. The van der Waals surface area contributed by atoms with Crippen LogP contribution in [-0.4, -0.2) is 37.3 Å². The van der Waals surface area contributed by atoms with Gasteiger partial charge in [-0.05, 0) is 50.8 Å². The molecule has 2 nitrogen and oxygen atoms in total. The molecule has 0 aromatic rings. The maximum atomic E-state index is 5.36. The minimum absolute atomic E-state index is 0.0604. The van der Waals surface area contributed by atoms with Crippen LogP contribution < -0.4 is 5.32 Å². The van der Waals surface area contributed by atoms with E-state index in [0.717, 1.165) is 12.3 Å². The Morgan fingerprint density at radius 2 is 2.15 bits per heavy atom. The fraction of sp³-hybridized carbons (Fsp3) is 1.00. The van der Waals surface area contributed by atoms with E-state index in [-0.39, 0.29) is 5.60 Å². The predicted octanol–water partition coefficient (Wildman–Crippen LogP) is 1.75. The van der Waals surface area contributed by atoms with Crippen LogP contribution in [0.25, 0.3) is 0 Å². The van der Waals surface area contributed by atoms with Crippen molar-refractivity contribution in [3.8, 4) is 0 Å². The van der Waals surface area contributed by atoms with E-state index in [1.54, 1.807) is 7.11 Å². The van der Waals surface area contributed by atoms with Crippen LogP contribution in [0.4, 0.5) is 0 Å². The van der Waals surface area contributed by atoms with Gasteiger partial charge in [0.15, 0.2) is 0 Å². The number of nitrogens with one attached hydrogen (secondary N) is 1. The Morgan fingerprint density at radius 3 is 2.62 bits per heavy atom. The van der Waals surface area contributed by atoms with E-state index in [1.807, 2.05) is 0 Å². The van der Waals surface area contributed by atoms with Crippen molar-refractivity contribution in [1.29, 1.82) is 0 Å². The van der Waals surface area contributed by atoms with Crippen molar-refractivity contribution < 1.29 is 4.74 Å². The molecule has 1 aliphatic rings. The number of rotatable bonds is 6. The molecule has 1 aliphatic heterocycles. The molecular weight excluding hydrogens is 182 g/mol. The zero-order valence-corrected chi connectivity index (χ0v) is 9.75. The van der Waals surface area contributed by atoms with E-state index in [1.165, 1.54) is 24.6 Å². The molecule has 0 atom stereocenters. The van der Waals surface area contributed by atoms with Gasteiger partial charge in [0.1, 0.15) is 0 Å². The Kier molecular flexibility index (Phi) is 4.56. The summed E-state index contributed by atoms with van der Waals surface area (Å²) in [6.07, 6.45) is 1.15. The fourth-order valence-electron chi connectivity index (χ4n) is 1.14. The second kappa shape index (κ2) is 5.23. The molecule has 0 radical (unpaired) electrons. The van der Waals surface area contributed by atoms with E-state index in [2.05, 4.69) is 30.9 Å². The zero-order valence-electron chi connectivity index (χ0n) is 8.93. The van der Waals surface area contributed by atoms with Gasteiger partial charge in [0.25, 0.3) is 0 Å². The van der Waals surface area contributed by atoms with Crippen LogP contribution >= 0.6 is 11.8 Å². The first-order chi connectivity index (χ1) is 6.14. The molecule has 0 bridgehead atoms. The highest BCUT2D eigenvalue weighted by atomic mass is 32.2. The normalized spacial score (nSPS) is 18.7. The summed E-state index contributed by atoms with van der Waals surface area (Å²) in [5.74, 6) is 3.46. The van der Waals surface area contributed by atoms with E-state index < -0.39 is 0 Å². The molecule has 0 unspecified atom stereocenters. The summed E-state index contributed by atoms with van der Waals surface area (Å²) in [7, 11) is 1.79. The van der Waals surface area contributed by atoms with Crippen LogP contribution in [0.5, 0.6) is 0 Å². The molecule has 13 heavy (non-hydrogen) atoms. The Bertz CT molecular complexity index is 146. The molecule has 3 heteroatoms. The van der Waals surface area contributed by atoms with E-state index in [4.69, 9.17) is 4.74 Å². The summed E-state index contributed by atoms with van der Waals surface area (Å²) in [4.78, 5) is 0. The average Bonchev–Trinajstić information content (AvgIpc) is 2.01. The Labute approximate surface area is 85.8 Å². The van der Waals surface area contributed by atoms with Gasteiger partial charge in [-0.25, -0.2) is 0 Å². The molecular formula is C10H21NOS. The maximum Gasteiger partial charge on any atom is 0.0630 e. The van der Waals surface area contributed by atoms with E-state index in [9.17, 15) is 0 Å². The van der Waals surface area contributed by atoms with Crippen LogP contribution in [0, 0.1) is 5.92 Å². The summed E-state index contributed by atoms with van der Waals surface area (Å²) < 4.78 is 5.36. The van der Waals surface area contributed by atoms with Crippen molar-refractivity contribution >= 4 is 11.8 Å². The third-order valence-corrected chi connectivity index (χ3v) is 3.82. The van der Waals surface area contributed by atoms with Gasteiger partial charge in [-0.15, -0.1) is 0 Å². The van der Waals surface area contributed by atoms with Crippen molar-refractivity contribution in [2.75, 3.05) is 31.7 Å². The van der Waals surface area contributed by atoms with Crippen LogP contribution in [0.15, 0.2) is 0 Å². The maximum absolute atomic E-state index is 5.36. The van der Waals surface area contributed by atoms with E-state index >= 15 is 0 Å². The highest BCUT2D eigenvalue weighted by Crippen LogP contribution is 2.19. The topological polar surface area (TPSA) is 21.3 Å². The second-order valence-corrected chi connectivity index (χ2v) is 5.46. The third kappa shape index (κ3) is 4.34. The highest BCUT2D eigenvalue weighted by Gasteiger charge is 2.18. The molecule has 1 N–H and O–H groups in total. The lowest BCUT2D eigenvalue weighted by molar-refractivity contribution is 0.0206. The summed E-state index contributed by atoms with van der Waals surface area (Å²) in [5.41, 5.74) is 0.0604. The molecule has 0 aromatic heterocycles. The molecule has 0 saturated carbocycles. The fourth-order valence-corrected chi connectivity index (χ4v) is 2.51. The molecule has 0 amide bonds. The Balaban J connectivity index is 1.93. The lowest BCUT2D eigenvalue weighted by Crippen LogP contribution is -2.43. The first-order valence-corrected chi connectivity index (χ1v) is 6.13. The quantitative estimate of drug-likeness (QED) is 0.665. The lowest BCUT2D eigenvalue weighted by Gasteiger charge is -2.27. The largest absolute Gasteiger partial charge is 0.379 e. The van der Waals surface area contributed by atoms with Crippen molar-refractivity contribution in [2.45, 2.75) is 25.9 Å². The molecule has 1 rings (SSSR count). The first-order valence-electron chi connectivity index (χ1n) is 4.98. The van der Waals surface area contributed by atoms with Gasteiger partial charge < -0.3 is 10.1 Å². The highest BCUT2D eigenvalue weighted by molar-refractivity contribution is 7.99. The average molecular weight is 203 g/mol. The Morgan fingerprint density at radius 1 is 1.46 bits per heavy atom. The molecule has 78 valence electrons. The van der Waals surface area contributed by atoms with Crippen molar-refractivity contribution in [3.05, 3.63) is 0 Å². The molecule has 1 heterocycles. The van der Waals surface area contributed by atoms with Gasteiger partial charge in [0, 0.05) is 7.11 Å². The number of ether oxygens (including phenoxy) is 1. The summed E-state index contributed by atoms with van der Waals surface area (Å²) in [6.45, 7) is 6.75. The van der Waals surface area contributed by atoms with Gasteiger partial charge in [-0.3, -0.25) is 0 Å². The predicted molar refractivity (Wildman–Crippen MR) is 59.4 cm³/mol.